The molecule has 1 aromatic carbocycles. The van der Waals surface area contributed by atoms with Crippen molar-refractivity contribution >= 4 is 12.4 Å². The van der Waals surface area contributed by atoms with Crippen LogP contribution in [0.3, 0.4) is 0 Å². The van der Waals surface area contributed by atoms with Crippen LogP contribution in [0.15, 0.2) is 18.2 Å². The van der Waals surface area contributed by atoms with E-state index in [1.807, 2.05) is 6.07 Å². The second kappa shape index (κ2) is 6.74. The summed E-state index contributed by atoms with van der Waals surface area (Å²) in [7, 11) is 1.50. The number of ether oxygens (including phenoxy) is 1. The fraction of sp³-hybridized carbons (Fsp3) is 0.600. The minimum absolute atomic E-state index is 0. The summed E-state index contributed by atoms with van der Waals surface area (Å²) in [6.07, 6.45) is 3.79. The van der Waals surface area contributed by atoms with Gasteiger partial charge < -0.3 is 10.1 Å². The van der Waals surface area contributed by atoms with Crippen molar-refractivity contribution in [2.24, 2.45) is 0 Å². The topological polar surface area (TPSA) is 24.5 Å². The first-order valence-electron chi connectivity index (χ1n) is 7.05. The molecule has 3 nitrogen and oxygen atoms in total. The molecule has 2 aliphatic heterocycles. The third-order valence-electron chi connectivity index (χ3n) is 4.23. The van der Waals surface area contributed by atoms with E-state index in [2.05, 4.69) is 10.2 Å². The van der Waals surface area contributed by atoms with E-state index in [0.717, 1.165) is 25.2 Å². The molecule has 0 spiro atoms. The number of hydrogen-bond donors (Lipinski definition) is 1. The number of rotatable bonds is 3. The Morgan fingerprint density at radius 2 is 2.10 bits per heavy atom. The fourth-order valence-electron chi connectivity index (χ4n) is 3.23. The van der Waals surface area contributed by atoms with E-state index in [4.69, 9.17) is 4.74 Å². The Bertz CT molecular complexity index is 457. The number of likely N-dealkylation sites (tertiary alicyclic amines) is 1. The molecule has 2 bridgehead atoms. The molecule has 112 valence electrons. The number of benzene rings is 1. The van der Waals surface area contributed by atoms with Crippen LogP contribution in [0.4, 0.5) is 4.39 Å². The summed E-state index contributed by atoms with van der Waals surface area (Å²) in [5, 5.41) is 3.66. The number of hydrogen-bond acceptors (Lipinski definition) is 3. The molecule has 0 saturated carbocycles. The summed E-state index contributed by atoms with van der Waals surface area (Å²) < 4.78 is 18.6. The number of halogens is 2. The molecule has 2 unspecified atom stereocenters. The van der Waals surface area contributed by atoms with Gasteiger partial charge in [0.15, 0.2) is 11.6 Å². The first-order valence-corrected chi connectivity index (χ1v) is 7.05. The summed E-state index contributed by atoms with van der Waals surface area (Å²) >= 11 is 0. The van der Waals surface area contributed by atoms with Crippen LogP contribution in [0.1, 0.15) is 24.8 Å². The molecule has 0 aliphatic carbocycles. The standard InChI is InChI=1S/C15H21FN2O.ClH/c1-19-15-5-2-11(8-14(15)16)9-18-7-6-12-3-4-13(10-18)17-12;/h2,5,8,12-13,17H,3-4,6-7,9-10H2,1H3;1H. The molecule has 0 amide bonds. The summed E-state index contributed by atoms with van der Waals surface area (Å²) in [5.41, 5.74) is 1.02. The second-order valence-corrected chi connectivity index (χ2v) is 5.63. The fourth-order valence-corrected chi connectivity index (χ4v) is 3.23. The molecular weight excluding hydrogens is 279 g/mol. The molecular formula is C15H22ClFN2O. The van der Waals surface area contributed by atoms with Crippen molar-refractivity contribution in [2.75, 3.05) is 20.2 Å². The zero-order valence-corrected chi connectivity index (χ0v) is 12.6. The zero-order valence-electron chi connectivity index (χ0n) is 11.8. The lowest BCUT2D eigenvalue weighted by Crippen LogP contribution is -2.34. The highest BCUT2D eigenvalue weighted by Crippen LogP contribution is 2.23. The van der Waals surface area contributed by atoms with Gasteiger partial charge >= 0.3 is 0 Å². The molecule has 0 radical (unpaired) electrons. The maximum absolute atomic E-state index is 13.7. The minimum atomic E-state index is -0.269. The van der Waals surface area contributed by atoms with Crippen molar-refractivity contribution in [3.63, 3.8) is 0 Å². The molecule has 2 saturated heterocycles. The van der Waals surface area contributed by atoms with Gasteiger partial charge in [-0.15, -0.1) is 12.4 Å². The Balaban J connectivity index is 0.00000147. The van der Waals surface area contributed by atoms with E-state index in [9.17, 15) is 4.39 Å². The van der Waals surface area contributed by atoms with Gasteiger partial charge in [-0.2, -0.15) is 0 Å². The molecule has 2 heterocycles. The van der Waals surface area contributed by atoms with Gasteiger partial charge in [-0.3, -0.25) is 4.90 Å². The van der Waals surface area contributed by atoms with E-state index < -0.39 is 0 Å². The van der Waals surface area contributed by atoms with Gasteiger partial charge in [0.2, 0.25) is 0 Å². The molecule has 2 aliphatic rings. The van der Waals surface area contributed by atoms with E-state index >= 15 is 0 Å². The Kier molecular flexibility index (Phi) is 5.24. The van der Waals surface area contributed by atoms with Crippen LogP contribution in [0.2, 0.25) is 0 Å². The Labute approximate surface area is 125 Å². The predicted octanol–water partition coefficient (Wildman–Crippen LogP) is 2.58. The van der Waals surface area contributed by atoms with Crippen LogP contribution in [0.25, 0.3) is 0 Å². The smallest absolute Gasteiger partial charge is 0.165 e. The summed E-state index contributed by atoms with van der Waals surface area (Å²) in [6, 6.07) is 6.58. The summed E-state index contributed by atoms with van der Waals surface area (Å²) in [5.74, 6) is 0.0507. The highest BCUT2D eigenvalue weighted by molar-refractivity contribution is 5.85. The van der Waals surface area contributed by atoms with Crippen molar-refractivity contribution < 1.29 is 9.13 Å². The number of fused-ring (bicyclic) bond motifs is 2. The zero-order chi connectivity index (χ0) is 13.2. The van der Waals surface area contributed by atoms with Crippen LogP contribution in [-0.2, 0) is 6.54 Å². The van der Waals surface area contributed by atoms with Crippen molar-refractivity contribution in [1.29, 1.82) is 0 Å². The third-order valence-corrected chi connectivity index (χ3v) is 4.23. The minimum Gasteiger partial charge on any atom is -0.494 e. The highest BCUT2D eigenvalue weighted by Gasteiger charge is 2.29. The van der Waals surface area contributed by atoms with Gasteiger partial charge in [0.1, 0.15) is 0 Å². The van der Waals surface area contributed by atoms with Crippen molar-refractivity contribution in [2.45, 2.75) is 37.9 Å². The summed E-state index contributed by atoms with van der Waals surface area (Å²) in [4.78, 5) is 2.43. The van der Waals surface area contributed by atoms with Crippen LogP contribution in [0.5, 0.6) is 5.75 Å². The second-order valence-electron chi connectivity index (χ2n) is 5.63. The first-order chi connectivity index (χ1) is 9.24. The number of nitrogens with zero attached hydrogens (tertiary/aromatic N) is 1. The van der Waals surface area contributed by atoms with Crippen LogP contribution >= 0.6 is 12.4 Å². The molecule has 20 heavy (non-hydrogen) atoms. The van der Waals surface area contributed by atoms with E-state index in [1.165, 1.54) is 26.4 Å². The highest BCUT2D eigenvalue weighted by atomic mass is 35.5. The average molecular weight is 301 g/mol. The molecule has 1 aromatic rings. The van der Waals surface area contributed by atoms with E-state index in [0.29, 0.717) is 17.8 Å². The summed E-state index contributed by atoms with van der Waals surface area (Å²) in [6.45, 7) is 3.00. The Hall–Kier alpha value is -0.840. The van der Waals surface area contributed by atoms with Gasteiger partial charge in [-0.1, -0.05) is 6.07 Å². The van der Waals surface area contributed by atoms with Crippen LogP contribution in [-0.4, -0.2) is 37.2 Å². The van der Waals surface area contributed by atoms with Crippen LogP contribution < -0.4 is 10.1 Å². The first kappa shape index (κ1) is 15.5. The lowest BCUT2D eigenvalue weighted by atomic mass is 10.1. The lowest BCUT2D eigenvalue weighted by Gasteiger charge is -2.24. The monoisotopic (exact) mass is 300 g/mol. The average Bonchev–Trinajstić information content (AvgIpc) is 2.73. The quantitative estimate of drug-likeness (QED) is 0.928. The Morgan fingerprint density at radius 3 is 2.85 bits per heavy atom. The molecule has 0 aromatic heterocycles. The van der Waals surface area contributed by atoms with Gasteiger partial charge in [-0.25, -0.2) is 4.39 Å². The molecule has 5 heteroatoms. The largest absolute Gasteiger partial charge is 0.494 e. The van der Waals surface area contributed by atoms with E-state index in [1.54, 1.807) is 12.1 Å². The maximum atomic E-state index is 13.7. The SMILES string of the molecule is COc1ccc(CN2CCC3CCC(C2)N3)cc1F.Cl. The molecule has 2 fully saturated rings. The normalized spacial score (nSPS) is 25.9. The number of methoxy groups -OCH3 is 1. The van der Waals surface area contributed by atoms with E-state index in [-0.39, 0.29) is 18.2 Å². The van der Waals surface area contributed by atoms with Gasteiger partial charge in [-0.05, 0) is 37.0 Å². The molecule has 3 rings (SSSR count). The van der Waals surface area contributed by atoms with Crippen LogP contribution in [0, 0.1) is 5.82 Å². The van der Waals surface area contributed by atoms with Gasteiger partial charge in [0.25, 0.3) is 0 Å². The Morgan fingerprint density at radius 1 is 1.30 bits per heavy atom. The lowest BCUT2D eigenvalue weighted by molar-refractivity contribution is 0.250. The third kappa shape index (κ3) is 3.43. The van der Waals surface area contributed by atoms with Gasteiger partial charge in [0.05, 0.1) is 7.11 Å². The maximum Gasteiger partial charge on any atom is 0.165 e. The molecule has 1 N–H and O–H groups in total. The van der Waals surface area contributed by atoms with Crippen molar-refractivity contribution in [3.05, 3.63) is 29.6 Å². The number of nitrogens with one attached hydrogen (secondary N) is 1. The van der Waals surface area contributed by atoms with Gasteiger partial charge in [0, 0.05) is 31.7 Å². The predicted molar refractivity (Wildman–Crippen MR) is 80.0 cm³/mol. The molecule has 2 atom stereocenters. The van der Waals surface area contributed by atoms with Crippen molar-refractivity contribution in [3.8, 4) is 5.75 Å². The van der Waals surface area contributed by atoms with Crippen molar-refractivity contribution in [1.82, 2.24) is 10.2 Å².